The number of aryl methyl sites for hydroxylation is 1. The number of thiazole rings is 1. The number of rotatable bonds is 1. The molecular formula is C11H8N2S. The number of nitriles is 1. The fourth-order valence-electron chi connectivity index (χ4n) is 1.26. The lowest BCUT2D eigenvalue weighted by Crippen LogP contribution is -1.79. The second kappa shape index (κ2) is 3.60. The summed E-state index contributed by atoms with van der Waals surface area (Å²) in [6.07, 6.45) is 0. The molecular weight excluding hydrogens is 192 g/mol. The predicted octanol–water partition coefficient (Wildman–Crippen LogP) is 2.99. The number of hydrogen-bond acceptors (Lipinski definition) is 3. The van der Waals surface area contributed by atoms with Crippen LogP contribution in [-0.4, -0.2) is 4.98 Å². The Morgan fingerprint density at radius 2 is 2.29 bits per heavy atom. The molecule has 2 aromatic rings. The van der Waals surface area contributed by atoms with E-state index in [0.29, 0.717) is 5.01 Å². The van der Waals surface area contributed by atoms with E-state index >= 15 is 0 Å². The van der Waals surface area contributed by atoms with Crippen molar-refractivity contribution in [3.05, 3.63) is 40.2 Å². The number of hydrogen-bond donors (Lipinski definition) is 0. The highest BCUT2D eigenvalue weighted by atomic mass is 32.1. The van der Waals surface area contributed by atoms with Gasteiger partial charge in [-0.3, -0.25) is 0 Å². The molecule has 0 amide bonds. The van der Waals surface area contributed by atoms with Gasteiger partial charge in [0, 0.05) is 10.9 Å². The Kier molecular flexibility index (Phi) is 2.30. The van der Waals surface area contributed by atoms with Crippen LogP contribution < -0.4 is 0 Å². The van der Waals surface area contributed by atoms with Crippen LogP contribution in [0.2, 0.25) is 0 Å². The summed E-state index contributed by atoms with van der Waals surface area (Å²) in [6, 6.07) is 10.1. The zero-order valence-electron chi connectivity index (χ0n) is 7.69. The highest BCUT2D eigenvalue weighted by Crippen LogP contribution is 2.21. The molecule has 0 saturated carbocycles. The molecule has 0 aliphatic heterocycles. The fourth-order valence-corrected chi connectivity index (χ4v) is 1.88. The summed E-state index contributed by atoms with van der Waals surface area (Å²) < 4.78 is 0. The number of benzene rings is 1. The lowest BCUT2D eigenvalue weighted by atomic mass is 10.1. The van der Waals surface area contributed by atoms with E-state index in [9.17, 15) is 0 Å². The molecule has 3 heteroatoms. The molecule has 2 rings (SSSR count). The molecule has 0 aliphatic rings. The molecule has 68 valence electrons. The zero-order chi connectivity index (χ0) is 9.97. The molecule has 14 heavy (non-hydrogen) atoms. The van der Waals surface area contributed by atoms with Gasteiger partial charge in [-0.05, 0) is 13.0 Å². The van der Waals surface area contributed by atoms with E-state index in [2.05, 4.69) is 11.1 Å². The average Bonchev–Trinajstić information content (AvgIpc) is 2.66. The van der Waals surface area contributed by atoms with Crippen LogP contribution in [0.15, 0.2) is 29.6 Å². The summed E-state index contributed by atoms with van der Waals surface area (Å²) in [4.78, 5) is 4.20. The monoisotopic (exact) mass is 200 g/mol. The van der Waals surface area contributed by atoms with E-state index in [4.69, 9.17) is 5.26 Å². The van der Waals surface area contributed by atoms with Crippen molar-refractivity contribution in [2.24, 2.45) is 0 Å². The first-order valence-corrected chi connectivity index (χ1v) is 5.10. The number of nitrogens with zero attached hydrogens (tertiary/aromatic N) is 2. The van der Waals surface area contributed by atoms with Crippen LogP contribution in [0.1, 0.15) is 10.6 Å². The van der Waals surface area contributed by atoms with Gasteiger partial charge in [0.1, 0.15) is 6.07 Å². The van der Waals surface area contributed by atoms with Crippen molar-refractivity contribution >= 4 is 11.3 Å². The van der Waals surface area contributed by atoms with E-state index in [1.165, 1.54) is 16.9 Å². The standard InChI is InChI=1S/C11H8N2S/c1-8-3-2-4-9(5-8)10-7-14-11(6-12)13-10/h2-5,7H,1H3. The van der Waals surface area contributed by atoms with Crippen molar-refractivity contribution in [1.82, 2.24) is 4.98 Å². The van der Waals surface area contributed by atoms with Gasteiger partial charge in [0.2, 0.25) is 0 Å². The molecule has 0 radical (unpaired) electrons. The smallest absolute Gasteiger partial charge is 0.194 e. The Balaban J connectivity index is 2.45. The molecule has 0 spiro atoms. The summed E-state index contributed by atoms with van der Waals surface area (Å²) in [5.74, 6) is 0. The van der Waals surface area contributed by atoms with Crippen molar-refractivity contribution < 1.29 is 0 Å². The van der Waals surface area contributed by atoms with Crippen LogP contribution in [-0.2, 0) is 0 Å². The van der Waals surface area contributed by atoms with Gasteiger partial charge in [0.15, 0.2) is 5.01 Å². The van der Waals surface area contributed by atoms with Gasteiger partial charge in [-0.25, -0.2) is 4.98 Å². The molecule has 1 aromatic carbocycles. The van der Waals surface area contributed by atoms with E-state index in [1.807, 2.05) is 36.6 Å². The molecule has 0 N–H and O–H groups in total. The maximum absolute atomic E-state index is 8.65. The van der Waals surface area contributed by atoms with Crippen molar-refractivity contribution in [1.29, 1.82) is 5.26 Å². The first kappa shape index (κ1) is 8.92. The Bertz CT molecular complexity index is 494. The van der Waals surface area contributed by atoms with Crippen LogP contribution in [0, 0.1) is 18.3 Å². The summed E-state index contributed by atoms with van der Waals surface area (Å²) in [5, 5.41) is 11.1. The first-order valence-electron chi connectivity index (χ1n) is 4.22. The van der Waals surface area contributed by atoms with E-state index < -0.39 is 0 Å². The summed E-state index contributed by atoms with van der Waals surface area (Å²) in [7, 11) is 0. The van der Waals surface area contributed by atoms with Crippen LogP contribution in [0.25, 0.3) is 11.3 Å². The average molecular weight is 200 g/mol. The minimum absolute atomic E-state index is 0.515. The molecule has 1 heterocycles. The molecule has 0 saturated heterocycles. The Labute approximate surface area is 86.5 Å². The molecule has 0 fully saturated rings. The molecule has 0 atom stereocenters. The maximum atomic E-state index is 8.65. The third-order valence-corrected chi connectivity index (χ3v) is 2.66. The second-order valence-electron chi connectivity index (χ2n) is 3.02. The topological polar surface area (TPSA) is 36.7 Å². The highest BCUT2D eigenvalue weighted by Gasteiger charge is 2.03. The molecule has 0 unspecified atom stereocenters. The zero-order valence-corrected chi connectivity index (χ0v) is 8.51. The Morgan fingerprint density at radius 3 is 2.93 bits per heavy atom. The lowest BCUT2D eigenvalue weighted by Gasteiger charge is -1.96. The lowest BCUT2D eigenvalue weighted by molar-refractivity contribution is 1.34. The predicted molar refractivity (Wildman–Crippen MR) is 57.0 cm³/mol. The fraction of sp³-hybridized carbons (Fsp3) is 0.0909. The molecule has 1 aromatic heterocycles. The maximum Gasteiger partial charge on any atom is 0.194 e. The first-order chi connectivity index (χ1) is 6.79. The summed E-state index contributed by atoms with van der Waals surface area (Å²) in [6.45, 7) is 2.04. The summed E-state index contributed by atoms with van der Waals surface area (Å²) >= 11 is 1.38. The van der Waals surface area contributed by atoms with Gasteiger partial charge in [0.05, 0.1) is 5.69 Å². The Hall–Kier alpha value is -1.66. The Morgan fingerprint density at radius 1 is 1.43 bits per heavy atom. The number of aromatic nitrogens is 1. The molecule has 0 aliphatic carbocycles. The van der Waals surface area contributed by atoms with E-state index in [0.717, 1.165) is 11.3 Å². The van der Waals surface area contributed by atoms with Gasteiger partial charge >= 0.3 is 0 Å². The van der Waals surface area contributed by atoms with E-state index in [1.54, 1.807) is 0 Å². The van der Waals surface area contributed by atoms with Crippen molar-refractivity contribution in [3.8, 4) is 17.3 Å². The molecule has 2 nitrogen and oxygen atoms in total. The van der Waals surface area contributed by atoms with Crippen molar-refractivity contribution in [2.75, 3.05) is 0 Å². The minimum Gasteiger partial charge on any atom is -0.226 e. The van der Waals surface area contributed by atoms with Gasteiger partial charge in [0.25, 0.3) is 0 Å². The van der Waals surface area contributed by atoms with Gasteiger partial charge in [-0.2, -0.15) is 5.26 Å². The summed E-state index contributed by atoms with van der Waals surface area (Å²) in [5.41, 5.74) is 3.16. The second-order valence-corrected chi connectivity index (χ2v) is 3.88. The van der Waals surface area contributed by atoms with Gasteiger partial charge < -0.3 is 0 Å². The quantitative estimate of drug-likeness (QED) is 0.709. The third-order valence-electron chi connectivity index (χ3n) is 1.91. The van der Waals surface area contributed by atoms with Crippen LogP contribution >= 0.6 is 11.3 Å². The van der Waals surface area contributed by atoms with Gasteiger partial charge in [-0.1, -0.05) is 23.8 Å². The third kappa shape index (κ3) is 1.66. The van der Waals surface area contributed by atoms with Crippen LogP contribution in [0.3, 0.4) is 0 Å². The van der Waals surface area contributed by atoms with Crippen LogP contribution in [0.5, 0.6) is 0 Å². The van der Waals surface area contributed by atoms with Crippen LogP contribution in [0.4, 0.5) is 0 Å². The van der Waals surface area contributed by atoms with Crippen molar-refractivity contribution in [2.45, 2.75) is 6.92 Å². The van der Waals surface area contributed by atoms with E-state index in [-0.39, 0.29) is 0 Å². The highest BCUT2D eigenvalue weighted by molar-refractivity contribution is 7.10. The van der Waals surface area contributed by atoms with Gasteiger partial charge in [-0.15, -0.1) is 11.3 Å². The molecule has 0 bridgehead atoms. The normalized spacial score (nSPS) is 9.71. The minimum atomic E-state index is 0.515. The van der Waals surface area contributed by atoms with Crippen molar-refractivity contribution in [3.63, 3.8) is 0 Å². The SMILES string of the molecule is Cc1cccc(-c2csc(C#N)n2)c1. The largest absolute Gasteiger partial charge is 0.226 e.